The van der Waals surface area contributed by atoms with Crippen LogP contribution >= 0.6 is 11.3 Å². The van der Waals surface area contributed by atoms with E-state index in [0.29, 0.717) is 5.00 Å². The van der Waals surface area contributed by atoms with Crippen LogP contribution in [-0.4, -0.2) is 17.9 Å². The average molecular weight is 333 g/mol. The Kier molecular flexibility index (Phi) is 4.97. The van der Waals surface area contributed by atoms with Crippen molar-refractivity contribution in [2.24, 2.45) is 11.5 Å². The quantitative estimate of drug-likeness (QED) is 0.724. The van der Waals surface area contributed by atoms with Gasteiger partial charge in [0.1, 0.15) is 11.6 Å². The lowest BCUT2D eigenvalue weighted by Gasteiger charge is -2.04. The second kappa shape index (κ2) is 6.93. The van der Waals surface area contributed by atoms with Gasteiger partial charge in [-0.3, -0.25) is 14.9 Å². The van der Waals surface area contributed by atoms with Crippen LogP contribution in [0.15, 0.2) is 30.3 Å². The number of esters is 1. The van der Waals surface area contributed by atoms with Gasteiger partial charge < -0.3 is 16.2 Å². The topological polar surface area (TPSA) is 125 Å². The highest BCUT2D eigenvalue weighted by Gasteiger charge is 2.16. The first-order valence-corrected chi connectivity index (χ1v) is 7.41. The number of urea groups is 1. The Morgan fingerprint density at radius 3 is 2.57 bits per heavy atom. The van der Waals surface area contributed by atoms with Gasteiger partial charge in [-0.2, -0.15) is 0 Å². The van der Waals surface area contributed by atoms with Crippen LogP contribution in [0.2, 0.25) is 0 Å². The summed E-state index contributed by atoms with van der Waals surface area (Å²) in [5.74, 6) is -1.03. The van der Waals surface area contributed by atoms with Crippen LogP contribution in [0.4, 0.5) is 9.80 Å². The van der Waals surface area contributed by atoms with Gasteiger partial charge in [0.15, 0.2) is 0 Å². The molecule has 7 nitrogen and oxygen atoms in total. The van der Waals surface area contributed by atoms with Gasteiger partial charge in [-0.1, -0.05) is 18.2 Å². The number of nitrogens with two attached hydrogens (primary N) is 2. The Morgan fingerprint density at radius 2 is 1.96 bits per heavy atom. The summed E-state index contributed by atoms with van der Waals surface area (Å²) in [6.07, 6.45) is 0. The van der Waals surface area contributed by atoms with Crippen LogP contribution in [0, 0.1) is 0 Å². The van der Waals surface area contributed by atoms with Crippen molar-refractivity contribution >= 4 is 34.2 Å². The van der Waals surface area contributed by atoms with E-state index in [9.17, 15) is 14.4 Å². The number of hydrogen-bond donors (Lipinski definition) is 3. The summed E-state index contributed by atoms with van der Waals surface area (Å²) >= 11 is 1.18. The van der Waals surface area contributed by atoms with Gasteiger partial charge in [0, 0.05) is 11.8 Å². The number of amides is 3. The van der Waals surface area contributed by atoms with Crippen molar-refractivity contribution < 1.29 is 19.1 Å². The highest BCUT2D eigenvalue weighted by atomic mass is 32.1. The molecule has 2 aromatic rings. The normalized spacial score (nSPS) is 10.1. The number of thiophene rings is 1. The van der Waals surface area contributed by atoms with Crippen molar-refractivity contribution in [3.8, 4) is 10.4 Å². The van der Waals surface area contributed by atoms with E-state index in [1.54, 1.807) is 12.1 Å². The maximum absolute atomic E-state index is 11.5. The summed E-state index contributed by atoms with van der Waals surface area (Å²) in [6, 6.07) is 8.10. The first kappa shape index (κ1) is 16.5. The number of ether oxygens (including phenoxy) is 1. The molecule has 0 radical (unpaired) electrons. The van der Waals surface area contributed by atoms with E-state index in [4.69, 9.17) is 16.2 Å². The molecular formula is C15H15N3O4S. The molecule has 3 amide bonds. The van der Waals surface area contributed by atoms with Gasteiger partial charge >= 0.3 is 12.0 Å². The predicted molar refractivity (Wildman–Crippen MR) is 86.9 cm³/mol. The number of carbonyl (C=O) groups excluding carboxylic acids is 3. The summed E-state index contributed by atoms with van der Waals surface area (Å²) in [6.45, 7) is 1.49. The highest BCUT2D eigenvalue weighted by Crippen LogP contribution is 2.35. The summed E-state index contributed by atoms with van der Waals surface area (Å²) in [7, 11) is 0. The maximum atomic E-state index is 11.5. The van der Waals surface area contributed by atoms with E-state index < -0.39 is 11.9 Å². The number of nitrogens with one attached hydrogen (secondary N) is 1. The number of hydrogen-bond acceptors (Lipinski definition) is 5. The molecule has 0 aliphatic rings. The van der Waals surface area contributed by atoms with E-state index in [1.807, 2.05) is 18.2 Å². The second-order valence-electron chi connectivity index (χ2n) is 4.69. The molecule has 0 saturated carbocycles. The molecule has 23 heavy (non-hydrogen) atoms. The maximum Gasteiger partial charge on any atom is 0.317 e. The number of carbonyl (C=O) groups is 3. The van der Waals surface area contributed by atoms with Gasteiger partial charge in [-0.15, -0.1) is 11.3 Å². The van der Waals surface area contributed by atoms with Gasteiger partial charge in [0.2, 0.25) is 0 Å². The molecule has 0 atom stereocenters. The van der Waals surface area contributed by atoms with E-state index in [0.717, 1.165) is 16.0 Å². The fourth-order valence-corrected chi connectivity index (χ4v) is 2.98. The minimum atomic E-state index is -0.774. The van der Waals surface area contributed by atoms with Crippen molar-refractivity contribution in [1.82, 2.24) is 0 Å². The Morgan fingerprint density at radius 1 is 1.22 bits per heavy atom. The zero-order valence-corrected chi connectivity index (χ0v) is 13.1. The molecule has 0 bridgehead atoms. The molecule has 8 heteroatoms. The molecule has 1 aromatic carbocycles. The number of primary amides is 2. The number of benzene rings is 1. The third-order valence-electron chi connectivity index (χ3n) is 2.89. The second-order valence-corrected chi connectivity index (χ2v) is 5.74. The zero-order chi connectivity index (χ0) is 17.0. The highest BCUT2D eigenvalue weighted by molar-refractivity contribution is 7.20. The predicted octanol–water partition coefficient (Wildman–Crippen LogP) is 2.07. The molecule has 120 valence electrons. The van der Waals surface area contributed by atoms with Crippen LogP contribution in [0.3, 0.4) is 0 Å². The Bertz CT molecular complexity index is 770. The molecule has 0 aliphatic heterocycles. The van der Waals surface area contributed by atoms with Crippen LogP contribution in [0.1, 0.15) is 22.8 Å². The van der Waals surface area contributed by atoms with Gasteiger partial charge in [0.05, 0.1) is 5.56 Å². The lowest BCUT2D eigenvalue weighted by molar-refractivity contribution is -0.142. The summed E-state index contributed by atoms with van der Waals surface area (Å²) < 4.78 is 4.96. The molecule has 5 N–H and O–H groups in total. The van der Waals surface area contributed by atoms with Crippen LogP contribution < -0.4 is 16.8 Å². The molecule has 0 aliphatic carbocycles. The molecular weight excluding hydrogens is 318 g/mol. The molecule has 1 heterocycles. The smallest absolute Gasteiger partial charge is 0.317 e. The lowest BCUT2D eigenvalue weighted by Crippen LogP contribution is -2.21. The molecule has 0 spiro atoms. The van der Waals surface area contributed by atoms with Crippen molar-refractivity contribution in [3.05, 3.63) is 41.5 Å². The van der Waals surface area contributed by atoms with Crippen molar-refractivity contribution in [3.63, 3.8) is 0 Å². The van der Waals surface area contributed by atoms with Gasteiger partial charge in [-0.05, 0) is 23.3 Å². The molecule has 2 rings (SSSR count). The number of rotatable bonds is 5. The molecule has 0 unspecified atom stereocenters. The molecule has 0 saturated heterocycles. The standard InChI is InChI=1S/C15H15N3O4S/c1-8(19)22-7-9-3-2-4-10(5-9)12-6-11(13(16)20)14(23-12)18-15(17)21/h2-6H,7H2,1H3,(H2,16,20)(H3,17,18,21). The Balaban J connectivity index is 2.34. The Hall–Kier alpha value is -2.87. The summed E-state index contributed by atoms with van der Waals surface area (Å²) in [5, 5.41) is 2.68. The molecule has 1 aromatic heterocycles. The van der Waals surface area contributed by atoms with E-state index in [-0.39, 0.29) is 18.1 Å². The van der Waals surface area contributed by atoms with E-state index in [2.05, 4.69) is 5.32 Å². The summed E-state index contributed by atoms with van der Waals surface area (Å²) in [4.78, 5) is 34.1. The first-order valence-electron chi connectivity index (χ1n) is 6.59. The lowest BCUT2D eigenvalue weighted by atomic mass is 10.1. The zero-order valence-electron chi connectivity index (χ0n) is 12.3. The minimum absolute atomic E-state index is 0.156. The van der Waals surface area contributed by atoms with Gasteiger partial charge in [-0.25, -0.2) is 4.79 Å². The van der Waals surface area contributed by atoms with Gasteiger partial charge in [0.25, 0.3) is 5.91 Å². The fraction of sp³-hybridized carbons (Fsp3) is 0.133. The van der Waals surface area contributed by atoms with Crippen molar-refractivity contribution in [2.45, 2.75) is 13.5 Å². The third-order valence-corrected chi connectivity index (χ3v) is 3.99. The third kappa shape index (κ3) is 4.30. The SMILES string of the molecule is CC(=O)OCc1cccc(-c2cc(C(N)=O)c(NC(N)=O)s2)c1. The van der Waals surface area contributed by atoms with Crippen LogP contribution in [-0.2, 0) is 16.1 Å². The van der Waals surface area contributed by atoms with Crippen LogP contribution in [0.5, 0.6) is 0 Å². The van der Waals surface area contributed by atoms with E-state index in [1.165, 1.54) is 18.3 Å². The first-order chi connectivity index (χ1) is 10.9. The van der Waals surface area contributed by atoms with Crippen molar-refractivity contribution in [2.75, 3.05) is 5.32 Å². The largest absolute Gasteiger partial charge is 0.461 e. The minimum Gasteiger partial charge on any atom is -0.461 e. The number of anilines is 1. The van der Waals surface area contributed by atoms with E-state index >= 15 is 0 Å². The van der Waals surface area contributed by atoms with Crippen LogP contribution in [0.25, 0.3) is 10.4 Å². The fourth-order valence-electron chi connectivity index (χ4n) is 1.92. The Labute approximate surface area is 136 Å². The molecule has 0 fully saturated rings. The summed E-state index contributed by atoms with van der Waals surface area (Å²) in [5.41, 5.74) is 12.2. The average Bonchev–Trinajstić information content (AvgIpc) is 2.89. The monoisotopic (exact) mass is 333 g/mol. The van der Waals surface area contributed by atoms with Crippen molar-refractivity contribution in [1.29, 1.82) is 0 Å².